The van der Waals surface area contributed by atoms with Gasteiger partial charge < -0.3 is 0 Å². The van der Waals surface area contributed by atoms with Gasteiger partial charge in [-0.05, 0) is 142 Å². The third-order valence-corrected chi connectivity index (χ3v) is 11.9. The van der Waals surface area contributed by atoms with Gasteiger partial charge in [0.25, 0.3) is 0 Å². The summed E-state index contributed by atoms with van der Waals surface area (Å²) in [4.78, 5) is 29.2. The SMILES string of the molecule is O=C1C(c2ccc(F)cc2)=C(c2ccc(F)cc2)C(c2ccc(C#Cc3ccc(C4=C(c5ccc(F)cc5)C(=O)C(c5ccc(F)cc5)=C4c4ccc(F)cc4)cc3)cc2)=C1c1ccc(F)cc1. The van der Waals surface area contributed by atoms with Crippen LogP contribution in [0.1, 0.15) is 55.6 Å². The van der Waals surface area contributed by atoms with Gasteiger partial charge in [-0.1, -0.05) is 109 Å². The molecule has 0 atom stereocenters. The predicted molar refractivity (Wildman–Crippen MR) is 255 cm³/mol. The largest absolute Gasteiger partial charge is 0.289 e. The lowest BCUT2D eigenvalue weighted by Crippen LogP contribution is -2.02. The van der Waals surface area contributed by atoms with E-state index in [1.807, 2.05) is 24.3 Å². The van der Waals surface area contributed by atoms with Gasteiger partial charge in [-0.2, -0.15) is 0 Å². The van der Waals surface area contributed by atoms with Crippen molar-refractivity contribution in [1.82, 2.24) is 0 Å². The highest BCUT2D eigenvalue weighted by Gasteiger charge is 2.37. The molecule has 2 nitrogen and oxygen atoms in total. The number of halogens is 6. The Kier molecular flexibility index (Phi) is 11.3. The van der Waals surface area contributed by atoms with Crippen LogP contribution in [-0.4, -0.2) is 11.6 Å². The zero-order chi connectivity index (χ0) is 47.1. The maximum absolute atomic E-state index is 14.6. The molecule has 0 N–H and O–H groups in total. The Morgan fingerprint density at radius 2 is 0.353 bits per heavy atom. The van der Waals surface area contributed by atoms with E-state index >= 15 is 0 Å². The minimum atomic E-state index is -0.480. The molecule has 68 heavy (non-hydrogen) atoms. The first-order valence-electron chi connectivity index (χ1n) is 21.4. The summed E-state index contributed by atoms with van der Waals surface area (Å²) in [5.41, 5.74) is 8.68. The highest BCUT2D eigenvalue weighted by molar-refractivity contribution is 6.60. The fraction of sp³-hybridized carbons (Fsp3) is 0. The Balaban J connectivity index is 1.04. The number of rotatable bonds is 8. The topological polar surface area (TPSA) is 34.1 Å². The van der Waals surface area contributed by atoms with E-state index in [1.54, 1.807) is 48.5 Å². The number of allylic oxidation sites excluding steroid dienone is 8. The average molecular weight is 899 g/mol. The van der Waals surface area contributed by atoms with Crippen molar-refractivity contribution in [1.29, 1.82) is 0 Å². The molecule has 0 aromatic heterocycles. The molecular weight excluding hydrogens is 867 g/mol. The highest BCUT2D eigenvalue weighted by atomic mass is 19.1. The first-order valence-corrected chi connectivity index (χ1v) is 21.4. The van der Waals surface area contributed by atoms with Gasteiger partial charge in [0.2, 0.25) is 0 Å². The van der Waals surface area contributed by atoms with Gasteiger partial charge >= 0.3 is 0 Å². The normalized spacial score (nSPS) is 13.7. The maximum Gasteiger partial charge on any atom is 0.195 e. The van der Waals surface area contributed by atoms with Crippen LogP contribution in [0.5, 0.6) is 0 Å². The molecule has 0 radical (unpaired) electrons. The summed E-state index contributed by atoms with van der Waals surface area (Å²) in [5.74, 6) is 2.81. The van der Waals surface area contributed by atoms with E-state index in [1.165, 1.54) is 121 Å². The molecule has 2 aliphatic rings. The monoisotopic (exact) mass is 898 g/mol. The number of hydrogen-bond donors (Lipinski definition) is 0. The van der Waals surface area contributed by atoms with E-state index < -0.39 is 34.9 Å². The minimum Gasteiger partial charge on any atom is -0.289 e. The van der Waals surface area contributed by atoms with Crippen LogP contribution in [0.25, 0.3) is 44.6 Å². The van der Waals surface area contributed by atoms with Crippen molar-refractivity contribution in [2.24, 2.45) is 0 Å². The van der Waals surface area contributed by atoms with E-state index in [0.717, 1.165) is 0 Å². The molecule has 8 aromatic carbocycles. The van der Waals surface area contributed by atoms with Crippen molar-refractivity contribution < 1.29 is 35.9 Å². The lowest BCUT2D eigenvalue weighted by Gasteiger charge is -2.14. The predicted octanol–water partition coefficient (Wildman–Crippen LogP) is 14.1. The summed E-state index contributed by atoms with van der Waals surface area (Å²) in [6.45, 7) is 0. The first kappa shape index (κ1) is 43.1. The van der Waals surface area contributed by atoms with Crippen LogP contribution in [-0.2, 0) is 9.59 Å². The third kappa shape index (κ3) is 8.23. The number of carbonyl (C=O) groups excluding carboxylic acids is 2. The van der Waals surface area contributed by atoms with E-state index in [9.17, 15) is 35.9 Å². The average Bonchev–Trinajstić information content (AvgIpc) is 3.83. The molecule has 8 aromatic rings. The Hall–Kier alpha value is -8.80. The zero-order valence-electron chi connectivity index (χ0n) is 35.6. The van der Waals surface area contributed by atoms with Crippen molar-refractivity contribution in [3.8, 4) is 11.8 Å². The van der Waals surface area contributed by atoms with Crippen LogP contribution >= 0.6 is 0 Å². The standard InChI is InChI=1S/C60H32F6O2/c61-45-23-11-39(12-24-45)53-51(55(41-15-27-47(63)28-16-41)59(67)57(53)43-19-31-49(65)32-20-43)37-7-3-35(4-8-37)1-2-36-5-9-38(10-6-36)52-54(40-13-25-46(62)26-14-40)58(44-21-33-50(66)34-22-44)60(68)56(52)42-17-29-48(64)30-18-42/h3-34H. The molecule has 8 heteroatoms. The summed E-state index contributed by atoms with van der Waals surface area (Å²) < 4.78 is 85.3. The molecule has 10 rings (SSSR count). The van der Waals surface area contributed by atoms with E-state index in [-0.39, 0.29) is 22.7 Å². The quantitative estimate of drug-likeness (QED) is 0.112. The van der Waals surface area contributed by atoms with Gasteiger partial charge in [0.1, 0.15) is 34.9 Å². The molecule has 0 spiro atoms. The smallest absolute Gasteiger partial charge is 0.195 e. The summed E-state index contributed by atoms with van der Waals surface area (Å²) >= 11 is 0. The second-order valence-corrected chi connectivity index (χ2v) is 16.1. The van der Waals surface area contributed by atoms with Crippen molar-refractivity contribution in [3.63, 3.8) is 0 Å². The Morgan fingerprint density at radius 3 is 0.529 bits per heavy atom. The highest BCUT2D eigenvalue weighted by Crippen LogP contribution is 2.51. The van der Waals surface area contributed by atoms with Gasteiger partial charge in [-0.25, -0.2) is 26.3 Å². The molecule has 0 heterocycles. The lowest BCUT2D eigenvalue weighted by molar-refractivity contribution is -0.109. The third-order valence-electron chi connectivity index (χ3n) is 11.9. The van der Waals surface area contributed by atoms with E-state index in [2.05, 4.69) is 11.8 Å². The van der Waals surface area contributed by atoms with Gasteiger partial charge in [0.05, 0.1) is 0 Å². The van der Waals surface area contributed by atoms with Crippen LogP contribution < -0.4 is 0 Å². The van der Waals surface area contributed by atoms with E-state index in [0.29, 0.717) is 89.1 Å². The molecule has 0 amide bonds. The number of ketones is 2. The number of Topliss-reactive ketones (excluding diaryl/α,β-unsaturated/α-hetero) is 2. The first-order chi connectivity index (χ1) is 33.0. The van der Waals surface area contributed by atoms with Gasteiger partial charge in [-0.15, -0.1) is 0 Å². The fourth-order valence-corrected chi connectivity index (χ4v) is 8.74. The van der Waals surface area contributed by atoms with Crippen LogP contribution in [0, 0.1) is 46.7 Å². The molecule has 2 aliphatic carbocycles. The molecule has 0 saturated heterocycles. The summed E-state index contributed by atoms with van der Waals surface area (Å²) in [5, 5.41) is 0. The molecular formula is C60H32F6O2. The zero-order valence-corrected chi connectivity index (χ0v) is 35.6. The second-order valence-electron chi connectivity index (χ2n) is 16.1. The van der Waals surface area contributed by atoms with Crippen LogP contribution in [0.2, 0.25) is 0 Å². The number of carbonyl (C=O) groups is 2. The molecule has 0 saturated carbocycles. The Labute approximate surface area is 387 Å². The minimum absolute atomic E-state index is 0.285. The van der Waals surface area contributed by atoms with Crippen molar-refractivity contribution >= 4 is 56.2 Å². The van der Waals surface area contributed by atoms with Crippen molar-refractivity contribution in [2.75, 3.05) is 0 Å². The molecule has 326 valence electrons. The maximum atomic E-state index is 14.6. The van der Waals surface area contributed by atoms with Crippen LogP contribution in [0.3, 0.4) is 0 Å². The molecule has 0 aliphatic heterocycles. The summed E-state index contributed by atoms with van der Waals surface area (Å²) in [7, 11) is 0. The Bertz CT molecular complexity index is 3260. The lowest BCUT2D eigenvalue weighted by atomic mass is 9.88. The second kappa shape index (κ2) is 17.9. The number of benzene rings is 8. The number of hydrogen-bond acceptors (Lipinski definition) is 2. The van der Waals surface area contributed by atoms with E-state index in [4.69, 9.17) is 0 Å². The van der Waals surface area contributed by atoms with Gasteiger partial charge in [0.15, 0.2) is 11.6 Å². The molecule has 0 bridgehead atoms. The molecule has 0 unspecified atom stereocenters. The molecule has 0 fully saturated rings. The summed E-state index contributed by atoms with van der Waals surface area (Å²) in [6, 6.07) is 48.3. The van der Waals surface area contributed by atoms with Crippen molar-refractivity contribution in [3.05, 3.63) is 285 Å². The van der Waals surface area contributed by atoms with Gasteiger partial charge in [-0.3, -0.25) is 9.59 Å². The van der Waals surface area contributed by atoms with Crippen LogP contribution in [0.4, 0.5) is 26.3 Å². The fourth-order valence-electron chi connectivity index (χ4n) is 8.74. The summed E-state index contributed by atoms with van der Waals surface area (Å²) in [6.07, 6.45) is 0. The van der Waals surface area contributed by atoms with Crippen molar-refractivity contribution in [2.45, 2.75) is 0 Å². The van der Waals surface area contributed by atoms with Crippen LogP contribution in [0.15, 0.2) is 194 Å². The van der Waals surface area contributed by atoms with Gasteiger partial charge in [0, 0.05) is 55.7 Å². The Morgan fingerprint density at radius 1 is 0.206 bits per heavy atom.